The van der Waals surface area contributed by atoms with E-state index in [9.17, 15) is 9.90 Å². The quantitative estimate of drug-likeness (QED) is 0.890. The molecule has 20 heavy (non-hydrogen) atoms. The first-order chi connectivity index (χ1) is 9.56. The molecule has 6 nitrogen and oxygen atoms in total. The minimum absolute atomic E-state index is 0.426. The maximum atomic E-state index is 11.4. The number of carboxylic acids is 1. The number of carbonyl (C=O) groups is 1. The summed E-state index contributed by atoms with van der Waals surface area (Å²) in [5, 5.41) is 13.3. The van der Waals surface area contributed by atoms with Crippen molar-refractivity contribution in [2.24, 2.45) is 5.92 Å². The minimum atomic E-state index is -0.752. The van der Waals surface area contributed by atoms with Gasteiger partial charge in [-0.2, -0.15) is 4.98 Å². The summed E-state index contributed by atoms with van der Waals surface area (Å²) in [6.07, 6.45) is 4.55. The van der Waals surface area contributed by atoms with E-state index in [1.165, 1.54) is 0 Å². The summed E-state index contributed by atoms with van der Waals surface area (Å²) in [5.74, 6) is 0.941. The summed E-state index contributed by atoms with van der Waals surface area (Å²) in [6, 6.07) is -0.426. The molecule has 112 valence electrons. The first kappa shape index (κ1) is 15.0. The molecule has 0 radical (unpaired) electrons. The number of hydrogen-bond donors (Lipinski definition) is 1. The third-order valence-electron chi connectivity index (χ3n) is 3.59. The fourth-order valence-electron chi connectivity index (χ4n) is 2.60. The van der Waals surface area contributed by atoms with Crippen molar-refractivity contribution in [3.8, 4) is 0 Å². The van der Waals surface area contributed by atoms with Crippen LogP contribution in [0.3, 0.4) is 0 Å². The van der Waals surface area contributed by atoms with Crippen molar-refractivity contribution >= 4 is 5.97 Å². The molecule has 1 unspecified atom stereocenters. The Labute approximate surface area is 119 Å². The van der Waals surface area contributed by atoms with Gasteiger partial charge in [-0.3, -0.25) is 9.69 Å². The Morgan fingerprint density at radius 2 is 2.25 bits per heavy atom. The number of hydrogen-bond acceptors (Lipinski definition) is 5. The molecule has 0 saturated carbocycles. The van der Waals surface area contributed by atoms with E-state index in [-0.39, 0.29) is 0 Å². The number of rotatable bonds is 5. The number of aliphatic carboxylic acids is 1. The molecule has 0 spiro atoms. The molecule has 1 aromatic rings. The molecule has 1 N–H and O–H groups in total. The standard InChI is InChI=1S/C14H23N3O3/c1-10(2)8-13-15-12(16-20-13)9-17-7-5-3-4-6-11(17)14(18)19/h10-11H,3-9H2,1-2H3,(H,18,19). The van der Waals surface area contributed by atoms with Crippen LogP contribution in [-0.2, 0) is 17.8 Å². The van der Waals surface area contributed by atoms with Crippen LogP contribution < -0.4 is 0 Å². The Kier molecular flexibility index (Phi) is 5.11. The lowest BCUT2D eigenvalue weighted by Crippen LogP contribution is -2.40. The summed E-state index contributed by atoms with van der Waals surface area (Å²) >= 11 is 0. The van der Waals surface area contributed by atoms with Crippen molar-refractivity contribution < 1.29 is 14.4 Å². The molecule has 2 rings (SSSR count). The monoisotopic (exact) mass is 281 g/mol. The Morgan fingerprint density at radius 3 is 2.95 bits per heavy atom. The Balaban J connectivity index is 2.02. The van der Waals surface area contributed by atoms with Crippen LogP contribution in [0, 0.1) is 5.92 Å². The third-order valence-corrected chi connectivity index (χ3v) is 3.59. The van der Waals surface area contributed by atoms with Crippen LogP contribution in [-0.4, -0.2) is 38.7 Å². The third kappa shape index (κ3) is 4.03. The smallest absolute Gasteiger partial charge is 0.320 e. The van der Waals surface area contributed by atoms with Crippen molar-refractivity contribution in [1.29, 1.82) is 0 Å². The molecule has 1 aliphatic rings. The molecular weight excluding hydrogens is 258 g/mol. The van der Waals surface area contributed by atoms with E-state index in [1.54, 1.807) is 0 Å². The predicted octanol–water partition coefficient (Wildman–Crippen LogP) is 2.10. The highest BCUT2D eigenvalue weighted by Gasteiger charge is 2.28. The normalized spacial score (nSPS) is 21.1. The van der Waals surface area contributed by atoms with Gasteiger partial charge < -0.3 is 9.63 Å². The zero-order chi connectivity index (χ0) is 14.5. The van der Waals surface area contributed by atoms with Gasteiger partial charge >= 0.3 is 5.97 Å². The van der Waals surface area contributed by atoms with Gasteiger partial charge in [0.05, 0.1) is 6.54 Å². The second-order valence-corrected chi connectivity index (χ2v) is 5.88. The fourth-order valence-corrected chi connectivity index (χ4v) is 2.60. The summed E-state index contributed by atoms with van der Waals surface area (Å²) in [4.78, 5) is 17.7. The van der Waals surface area contributed by atoms with Gasteiger partial charge in [0.2, 0.25) is 5.89 Å². The molecule has 1 saturated heterocycles. The van der Waals surface area contributed by atoms with E-state index in [2.05, 4.69) is 24.0 Å². The highest BCUT2D eigenvalue weighted by Crippen LogP contribution is 2.19. The Morgan fingerprint density at radius 1 is 1.45 bits per heavy atom. The van der Waals surface area contributed by atoms with Gasteiger partial charge in [0.25, 0.3) is 0 Å². The number of carboxylic acid groups (broad SMARTS) is 1. The SMILES string of the molecule is CC(C)Cc1nc(CN2CCCCCC2C(=O)O)no1. The van der Waals surface area contributed by atoms with E-state index in [0.29, 0.717) is 30.6 Å². The van der Waals surface area contributed by atoms with Gasteiger partial charge in [-0.25, -0.2) is 0 Å². The van der Waals surface area contributed by atoms with Gasteiger partial charge in [-0.1, -0.05) is 31.8 Å². The van der Waals surface area contributed by atoms with E-state index >= 15 is 0 Å². The molecule has 0 aromatic carbocycles. The van der Waals surface area contributed by atoms with Crippen LogP contribution in [0.5, 0.6) is 0 Å². The molecule has 1 aromatic heterocycles. The second-order valence-electron chi connectivity index (χ2n) is 5.88. The van der Waals surface area contributed by atoms with Crippen molar-refractivity contribution in [2.45, 2.75) is 58.5 Å². The topological polar surface area (TPSA) is 79.5 Å². The number of nitrogens with zero attached hydrogens (tertiary/aromatic N) is 3. The fraction of sp³-hybridized carbons (Fsp3) is 0.786. The highest BCUT2D eigenvalue weighted by molar-refractivity contribution is 5.73. The van der Waals surface area contributed by atoms with Crippen LogP contribution in [0.15, 0.2) is 4.52 Å². The van der Waals surface area contributed by atoms with Crippen LogP contribution in [0.1, 0.15) is 51.2 Å². The van der Waals surface area contributed by atoms with Gasteiger partial charge in [-0.05, 0) is 25.3 Å². The summed E-state index contributed by atoms with van der Waals surface area (Å²) in [5.41, 5.74) is 0. The van der Waals surface area contributed by atoms with E-state index in [1.807, 2.05) is 4.90 Å². The maximum absolute atomic E-state index is 11.4. The van der Waals surface area contributed by atoms with Gasteiger partial charge in [0.15, 0.2) is 5.82 Å². The lowest BCUT2D eigenvalue weighted by Gasteiger charge is -2.24. The molecule has 1 atom stereocenters. The van der Waals surface area contributed by atoms with Gasteiger partial charge in [0.1, 0.15) is 6.04 Å². The molecule has 0 amide bonds. The van der Waals surface area contributed by atoms with Crippen molar-refractivity contribution in [1.82, 2.24) is 15.0 Å². The van der Waals surface area contributed by atoms with E-state index in [0.717, 1.165) is 32.2 Å². The van der Waals surface area contributed by atoms with Gasteiger partial charge in [-0.15, -0.1) is 0 Å². The van der Waals surface area contributed by atoms with Crippen molar-refractivity contribution in [3.05, 3.63) is 11.7 Å². The molecule has 0 aliphatic carbocycles. The summed E-state index contributed by atoms with van der Waals surface area (Å²) in [6.45, 7) is 5.43. The number of aromatic nitrogens is 2. The molecule has 1 aliphatic heterocycles. The molecule has 0 bridgehead atoms. The Bertz CT molecular complexity index is 445. The van der Waals surface area contributed by atoms with Crippen LogP contribution >= 0.6 is 0 Å². The van der Waals surface area contributed by atoms with Crippen LogP contribution in [0.4, 0.5) is 0 Å². The lowest BCUT2D eigenvalue weighted by molar-refractivity contribution is -0.143. The van der Waals surface area contributed by atoms with E-state index < -0.39 is 12.0 Å². The van der Waals surface area contributed by atoms with E-state index in [4.69, 9.17) is 4.52 Å². The first-order valence-electron chi connectivity index (χ1n) is 7.34. The lowest BCUT2D eigenvalue weighted by atomic mass is 10.1. The molecule has 1 fully saturated rings. The molecule has 6 heteroatoms. The van der Waals surface area contributed by atoms with Crippen molar-refractivity contribution in [2.75, 3.05) is 6.54 Å². The number of likely N-dealkylation sites (tertiary alicyclic amines) is 1. The first-order valence-corrected chi connectivity index (χ1v) is 7.34. The zero-order valence-corrected chi connectivity index (χ0v) is 12.2. The van der Waals surface area contributed by atoms with Crippen LogP contribution in [0.25, 0.3) is 0 Å². The summed E-state index contributed by atoms with van der Waals surface area (Å²) < 4.78 is 5.21. The highest BCUT2D eigenvalue weighted by atomic mass is 16.5. The average Bonchev–Trinajstić information content (AvgIpc) is 2.65. The Hall–Kier alpha value is -1.43. The largest absolute Gasteiger partial charge is 0.480 e. The predicted molar refractivity (Wildman–Crippen MR) is 73.1 cm³/mol. The van der Waals surface area contributed by atoms with Gasteiger partial charge in [0, 0.05) is 6.42 Å². The minimum Gasteiger partial charge on any atom is -0.480 e. The van der Waals surface area contributed by atoms with Crippen molar-refractivity contribution in [3.63, 3.8) is 0 Å². The summed E-state index contributed by atoms with van der Waals surface area (Å²) in [7, 11) is 0. The molecular formula is C14H23N3O3. The van der Waals surface area contributed by atoms with Crippen LogP contribution in [0.2, 0.25) is 0 Å². The average molecular weight is 281 g/mol. The zero-order valence-electron chi connectivity index (χ0n) is 12.2. The maximum Gasteiger partial charge on any atom is 0.320 e. The second kappa shape index (κ2) is 6.83. The molecule has 2 heterocycles.